The molecular formula is C14H16N2O3. The number of ether oxygens (including phenoxy) is 1. The topological polar surface area (TPSA) is 74.3 Å². The van der Waals surface area contributed by atoms with Crippen LogP contribution in [0.25, 0.3) is 10.9 Å². The average molecular weight is 260 g/mol. The largest absolute Gasteiger partial charge is 0.449 e. The maximum absolute atomic E-state index is 12.1. The molecule has 0 spiro atoms. The molecule has 2 N–H and O–H groups in total. The van der Waals surface area contributed by atoms with Gasteiger partial charge in [0.2, 0.25) is 0 Å². The number of esters is 1. The van der Waals surface area contributed by atoms with Gasteiger partial charge in [-0.1, -0.05) is 18.2 Å². The van der Waals surface area contributed by atoms with E-state index in [2.05, 4.69) is 0 Å². The van der Waals surface area contributed by atoms with E-state index in [-0.39, 0.29) is 0 Å². The molecule has 0 radical (unpaired) electrons. The number of benzene rings is 1. The second-order valence-electron chi connectivity index (χ2n) is 4.30. The van der Waals surface area contributed by atoms with E-state index in [1.807, 2.05) is 35.8 Å². The van der Waals surface area contributed by atoms with Gasteiger partial charge < -0.3 is 15.0 Å². The van der Waals surface area contributed by atoms with Crippen molar-refractivity contribution in [3.05, 3.63) is 36.0 Å². The first-order chi connectivity index (χ1) is 9.04. The number of aromatic nitrogens is 1. The normalized spacial score (nSPS) is 12.3. The molecular weight excluding hydrogens is 244 g/mol. The molecule has 0 saturated heterocycles. The highest BCUT2D eigenvalue weighted by atomic mass is 16.5. The van der Waals surface area contributed by atoms with Gasteiger partial charge in [-0.3, -0.25) is 4.79 Å². The second-order valence-corrected chi connectivity index (χ2v) is 4.30. The fourth-order valence-electron chi connectivity index (χ4n) is 1.95. The zero-order valence-corrected chi connectivity index (χ0v) is 10.9. The van der Waals surface area contributed by atoms with Crippen molar-refractivity contribution in [2.45, 2.75) is 26.5 Å². The molecule has 2 rings (SSSR count). The summed E-state index contributed by atoms with van der Waals surface area (Å²) in [7, 11) is 0. The Labute approximate surface area is 110 Å². The van der Waals surface area contributed by atoms with Crippen LogP contribution < -0.4 is 5.73 Å². The van der Waals surface area contributed by atoms with Gasteiger partial charge in [-0.05, 0) is 19.9 Å². The van der Waals surface area contributed by atoms with Crippen molar-refractivity contribution >= 4 is 22.8 Å². The number of hydrogen-bond acceptors (Lipinski definition) is 3. The summed E-state index contributed by atoms with van der Waals surface area (Å²) in [4.78, 5) is 23.0. The fraction of sp³-hybridized carbons (Fsp3) is 0.286. The van der Waals surface area contributed by atoms with Crippen LogP contribution in [0, 0.1) is 0 Å². The summed E-state index contributed by atoms with van der Waals surface area (Å²) in [6.07, 6.45) is 0.803. The van der Waals surface area contributed by atoms with Gasteiger partial charge in [-0.25, -0.2) is 4.79 Å². The van der Waals surface area contributed by atoms with Gasteiger partial charge in [-0.2, -0.15) is 0 Å². The average Bonchev–Trinajstić information content (AvgIpc) is 2.77. The molecule has 0 fully saturated rings. The van der Waals surface area contributed by atoms with Crippen LogP contribution in [0.2, 0.25) is 0 Å². The first-order valence-corrected chi connectivity index (χ1v) is 6.12. The maximum atomic E-state index is 12.1. The van der Waals surface area contributed by atoms with Crippen molar-refractivity contribution in [3.63, 3.8) is 0 Å². The smallest absolute Gasteiger partial charge is 0.341 e. The van der Waals surface area contributed by atoms with Crippen molar-refractivity contribution in [2.24, 2.45) is 5.73 Å². The van der Waals surface area contributed by atoms with Crippen LogP contribution in [-0.4, -0.2) is 22.5 Å². The fourth-order valence-corrected chi connectivity index (χ4v) is 1.95. The van der Waals surface area contributed by atoms with E-state index in [1.165, 1.54) is 6.92 Å². The van der Waals surface area contributed by atoms with E-state index in [0.717, 1.165) is 17.4 Å². The van der Waals surface area contributed by atoms with Crippen LogP contribution in [0.5, 0.6) is 0 Å². The Bertz CT molecular complexity index is 631. The SMILES string of the molecule is CCn1cc(C(=O)O[C@@H](C)C(N)=O)c2ccccc21. The summed E-state index contributed by atoms with van der Waals surface area (Å²) in [6, 6.07) is 7.56. The first-order valence-electron chi connectivity index (χ1n) is 6.12. The summed E-state index contributed by atoms with van der Waals surface area (Å²) < 4.78 is 7.00. The van der Waals surface area contributed by atoms with Crippen molar-refractivity contribution in [3.8, 4) is 0 Å². The van der Waals surface area contributed by atoms with Crippen molar-refractivity contribution < 1.29 is 14.3 Å². The molecule has 0 saturated carbocycles. The van der Waals surface area contributed by atoms with Gasteiger partial charge in [-0.15, -0.1) is 0 Å². The summed E-state index contributed by atoms with van der Waals surface area (Å²) in [6.45, 7) is 4.20. The summed E-state index contributed by atoms with van der Waals surface area (Å²) in [5, 5.41) is 0.811. The lowest BCUT2D eigenvalue weighted by atomic mass is 10.2. The van der Waals surface area contributed by atoms with E-state index < -0.39 is 18.0 Å². The molecule has 0 unspecified atom stereocenters. The highest BCUT2D eigenvalue weighted by Crippen LogP contribution is 2.22. The Morgan fingerprint density at radius 1 is 1.37 bits per heavy atom. The molecule has 0 bridgehead atoms. The van der Waals surface area contributed by atoms with Crippen molar-refractivity contribution in [1.82, 2.24) is 4.57 Å². The molecule has 100 valence electrons. The van der Waals surface area contributed by atoms with E-state index in [9.17, 15) is 9.59 Å². The van der Waals surface area contributed by atoms with E-state index in [0.29, 0.717) is 5.56 Å². The number of nitrogens with two attached hydrogens (primary N) is 1. The Morgan fingerprint density at radius 3 is 2.68 bits per heavy atom. The molecule has 19 heavy (non-hydrogen) atoms. The third-order valence-corrected chi connectivity index (χ3v) is 3.03. The summed E-state index contributed by atoms with van der Waals surface area (Å²) >= 11 is 0. The number of carbonyl (C=O) groups excluding carboxylic acids is 2. The highest BCUT2D eigenvalue weighted by Gasteiger charge is 2.20. The van der Waals surface area contributed by atoms with Crippen LogP contribution in [-0.2, 0) is 16.1 Å². The number of amides is 1. The van der Waals surface area contributed by atoms with E-state index >= 15 is 0 Å². The number of carbonyl (C=O) groups is 2. The number of hydrogen-bond donors (Lipinski definition) is 1. The first kappa shape index (κ1) is 13.1. The minimum Gasteiger partial charge on any atom is -0.449 e. The number of aryl methyl sites for hydroxylation is 1. The molecule has 0 aliphatic rings. The predicted octanol–water partition coefficient (Wildman–Crippen LogP) is 1.69. The van der Waals surface area contributed by atoms with Crippen LogP contribution in [0.3, 0.4) is 0 Å². The second kappa shape index (κ2) is 5.14. The number of nitrogens with zero attached hydrogens (tertiary/aromatic N) is 1. The van der Waals surface area contributed by atoms with Gasteiger partial charge in [0.25, 0.3) is 5.91 Å². The molecule has 1 heterocycles. The molecule has 5 heteroatoms. The number of para-hydroxylation sites is 1. The minimum atomic E-state index is -0.934. The van der Waals surface area contributed by atoms with Crippen LogP contribution in [0.15, 0.2) is 30.5 Å². The van der Waals surface area contributed by atoms with Gasteiger partial charge in [0.1, 0.15) is 0 Å². The molecule has 1 amide bonds. The van der Waals surface area contributed by atoms with Gasteiger partial charge in [0, 0.05) is 23.6 Å². The zero-order valence-electron chi connectivity index (χ0n) is 10.9. The molecule has 2 aromatic rings. The lowest BCUT2D eigenvalue weighted by molar-refractivity contribution is -0.125. The van der Waals surface area contributed by atoms with Crippen LogP contribution in [0.1, 0.15) is 24.2 Å². The molecule has 5 nitrogen and oxygen atoms in total. The van der Waals surface area contributed by atoms with Crippen molar-refractivity contribution in [1.29, 1.82) is 0 Å². The molecule has 1 aromatic heterocycles. The van der Waals surface area contributed by atoms with Crippen LogP contribution >= 0.6 is 0 Å². The van der Waals surface area contributed by atoms with Gasteiger partial charge in [0.15, 0.2) is 6.10 Å². The lowest BCUT2D eigenvalue weighted by Gasteiger charge is -2.08. The molecule has 0 aliphatic heterocycles. The number of rotatable bonds is 4. The lowest BCUT2D eigenvalue weighted by Crippen LogP contribution is -2.30. The number of primary amides is 1. The third-order valence-electron chi connectivity index (χ3n) is 3.03. The zero-order chi connectivity index (χ0) is 14.0. The minimum absolute atomic E-state index is 0.450. The predicted molar refractivity (Wildman–Crippen MR) is 71.7 cm³/mol. The number of fused-ring (bicyclic) bond motifs is 1. The van der Waals surface area contributed by atoms with Crippen LogP contribution in [0.4, 0.5) is 0 Å². The van der Waals surface area contributed by atoms with Gasteiger partial charge in [0.05, 0.1) is 5.56 Å². The molecule has 0 aliphatic carbocycles. The maximum Gasteiger partial charge on any atom is 0.341 e. The third kappa shape index (κ3) is 2.45. The quantitative estimate of drug-likeness (QED) is 0.850. The Balaban J connectivity index is 2.40. The van der Waals surface area contributed by atoms with Crippen molar-refractivity contribution in [2.75, 3.05) is 0 Å². The Hall–Kier alpha value is -2.30. The standard InChI is InChI=1S/C14H16N2O3/c1-3-16-8-11(10-6-4-5-7-12(10)16)14(18)19-9(2)13(15)17/h4-9H,3H2,1-2H3,(H2,15,17)/t9-/m0/s1. The van der Waals surface area contributed by atoms with Gasteiger partial charge >= 0.3 is 5.97 Å². The highest BCUT2D eigenvalue weighted by molar-refractivity contribution is 6.05. The summed E-state index contributed by atoms with van der Waals surface area (Å²) in [5.74, 6) is -1.19. The van der Waals surface area contributed by atoms with E-state index in [1.54, 1.807) is 6.20 Å². The van der Waals surface area contributed by atoms with E-state index in [4.69, 9.17) is 10.5 Å². The monoisotopic (exact) mass is 260 g/mol. The molecule has 1 aromatic carbocycles. The molecule has 1 atom stereocenters. The summed E-state index contributed by atoms with van der Waals surface area (Å²) in [5.41, 5.74) is 6.50. The Morgan fingerprint density at radius 2 is 2.05 bits per heavy atom. The Kier molecular flexibility index (Phi) is 3.55.